The molecule has 4 rings (SSSR count). The molecule has 0 radical (unpaired) electrons. The molecule has 0 unspecified atom stereocenters. The second-order valence-electron chi connectivity index (χ2n) is 5.92. The number of hydrogen-bond acceptors (Lipinski definition) is 5. The summed E-state index contributed by atoms with van der Waals surface area (Å²) in [6.45, 7) is 0.836. The first-order chi connectivity index (χ1) is 12.5. The van der Waals surface area contributed by atoms with Gasteiger partial charge in [0.05, 0.1) is 11.2 Å². The molecule has 0 aliphatic carbocycles. The number of hydrogen-bond donors (Lipinski definition) is 1. The number of benzene rings is 1. The zero-order chi connectivity index (χ0) is 18.1. The number of fused-ring (bicyclic) bond motifs is 1. The minimum Gasteiger partial charge on any atom is -0.459 e. The molecule has 8 heteroatoms. The van der Waals surface area contributed by atoms with Crippen molar-refractivity contribution in [3.8, 4) is 0 Å². The number of thiophene rings is 1. The van der Waals surface area contributed by atoms with Gasteiger partial charge in [0.1, 0.15) is 0 Å². The lowest BCUT2D eigenvalue weighted by atomic mass is 10.1. The summed E-state index contributed by atoms with van der Waals surface area (Å²) in [7, 11) is -3.63. The molecule has 0 saturated heterocycles. The largest absolute Gasteiger partial charge is 0.459 e. The molecule has 0 saturated carbocycles. The van der Waals surface area contributed by atoms with Gasteiger partial charge in [-0.05, 0) is 53.8 Å². The van der Waals surface area contributed by atoms with Crippen molar-refractivity contribution < 1.29 is 17.6 Å². The van der Waals surface area contributed by atoms with Crippen LogP contribution in [0.2, 0.25) is 0 Å². The molecule has 26 heavy (non-hydrogen) atoms. The van der Waals surface area contributed by atoms with Gasteiger partial charge < -0.3 is 9.73 Å². The van der Waals surface area contributed by atoms with E-state index in [1.165, 1.54) is 21.5 Å². The fourth-order valence-electron chi connectivity index (χ4n) is 2.91. The number of amides is 1. The highest BCUT2D eigenvalue weighted by Crippen LogP contribution is 2.29. The summed E-state index contributed by atoms with van der Waals surface area (Å²) in [5, 5.41) is 4.65. The molecule has 1 aliphatic rings. The topological polar surface area (TPSA) is 79.6 Å². The monoisotopic (exact) mass is 388 g/mol. The summed E-state index contributed by atoms with van der Waals surface area (Å²) in [5.74, 6) is -0.260. The molecular weight excluding hydrogens is 372 g/mol. The van der Waals surface area contributed by atoms with E-state index in [1.807, 2.05) is 11.4 Å². The summed E-state index contributed by atoms with van der Waals surface area (Å²) in [6, 6.07) is 11.4. The second kappa shape index (κ2) is 6.71. The average Bonchev–Trinajstić information content (AvgIpc) is 3.33. The van der Waals surface area contributed by atoms with Crippen LogP contribution in [0.25, 0.3) is 0 Å². The molecule has 0 bridgehead atoms. The molecule has 0 atom stereocenters. The Morgan fingerprint density at radius 2 is 2.08 bits per heavy atom. The number of carbonyl (C=O) groups excluding carboxylic acids is 1. The Balaban J connectivity index is 1.56. The molecule has 3 heterocycles. The van der Waals surface area contributed by atoms with E-state index in [4.69, 9.17) is 4.42 Å². The van der Waals surface area contributed by atoms with Crippen LogP contribution < -0.4 is 5.32 Å². The van der Waals surface area contributed by atoms with E-state index < -0.39 is 15.9 Å². The van der Waals surface area contributed by atoms with Gasteiger partial charge >= 0.3 is 0 Å². The highest BCUT2D eigenvalue weighted by molar-refractivity contribution is 7.89. The lowest BCUT2D eigenvalue weighted by Gasteiger charge is -2.26. The van der Waals surface area contributed by atoms with E-state index in [0.29, 0.717) is 18.8 Å². The van der Waals surface area contributed by atoms with E-state index in [2.05, 4.69) is 5.32 Å². The van der Waals surface area contributed by atoms with Crippen LogP contribution in [0.3, 0.4) is 0 Å². The van der Waals surface area contributed by atoms with Crippen molar-refractivity contribution >= 4 is 33.0 Å². The lowest BCUT2D eigenvalue weighted by molar-refractivity contribution is 0.0996. The molecule has 1 amide bonds. The van der Waals surface area contributed by atoms with Gasteiger partial charge in [0, 0.05) is 23.7 Å². The Morgan fingerprint density at radius 3 is 2.88 bits per heavy atom. The van der Waals surface area contributed by atoms with E-state index >= 15 is 0 Å². The smallest absolute Gasteiger partial charge is 0.291 e. The molecule has 6 nitrogen and oxygen atoms in total. The average molecular weight is 388 g/mol. The van der Waals surface area contributed by atoms with Crippen molar-refractivity contribution in [2.45, 2.75) is 17.9 Å². The van der Waals surface area contributed by atoms with Crippen LogP contribution in [-0.4, -0.2) is 25.2 Å². The van der Waals surface area contributed by atoms with Crippen LogP contribution in [0, 0.1) is 0 Å². The third-order valence-electron chi connectivity index (χ3n) is 4.25. The minimum absolute atomic E-state index is 0.161. The molecular formula is C18H16N2O4S2. The molecule has 2 aromatic heterocycles. The van der Waals surface area contributed by atoms with Crippen molar-refractivity contribution in [3.63, 3.8) is 0 Å². The maximum Gasteiger partial charge on any atom is 0.291 e. The van der Waals surface area contributed by atoms with Crippen molar-refractivity contribution in [3.05, 3.63) is 70.3 Å². The molecule has 0 fully saturated rings. The Kier molecular flexibility index (Phi) is 4.39. The van der Waals surface area contributed by atoms with Crippen molar-refractivity contribution in [2.75, 3.05) is 11.9 Å². The van der Waals surface area contributed by atoms with Crippen LogP contribution in [0.15, 0.2) is 63.4 Å². The molecule has 1 aliphatic heterocycles. The predicted molar refractivity (Wildman–Crippen MR) is 98.7 cm³/mol. The van der Waals surface area contributed by atoms with E-state index in [1.54, 1.807) is 41.7 Å². The number of nitrogens with zero attached hydrogens (tertiary/aromatic N) is 1. The second-order valence-corrected chi connectivity index (χ2v) is 8.86. The van der Waals surface area contributed by atoms with Gasteiger partial charge in [0.25, 0.3) is 5.91 Å². The van der Waals surface area contributed by atoms with Gasteiger partial charge in [-0.25, -0.2) is 8.42 Å². The molecule has 3 aromatic rings. The van der Waals surface area contributed by atoms with Crippen molar-refractivity contribution in [2.24, 2.45) is 0 Å². The van der Waals surface area contributed by atoms with Gasteiger partial charge in [0.2, 0.25) is 10.0 Å². The number of carbonyl (C=O) groups is 1. The van der Waals surface area contributed by atoms with Crippen molar-refractivity contribution in [1.82, 2.24) is 4.31 Å². The first-order valence-electron chi connectivity index (χ1n) is 8.04. The number of anilines is 1. The first kappa shape index (κ1) is 17.0. The zero-order valence-electron chi connectivity index (χ0n) is 13.7. The summed E-state index contributed by atoms with van der Waals surface area (Å²) in [4.78, 5) is 13.5. The van der Waals surface area contributed by atoms with Crippen LogP contribution in [0.1, 0.15) is 21.0 Å². The van der Waals surface area contributed by atoms with Crippen LogP contribution in [-0.2, 0) is 23.0 Å². The van der Waals surface area contributed by atoms with Gasteiger partial charge in [-0.15, -0.1) is 11.3 Å². The first-order valence-corrected chi connectivity index (χ1v) is 10.4. The summed E-state index contributed by atoms with van der Waals surface area (Å²) >= 11 is 1.66. The summed E-state index contributed by atoms with van der Waals surface area (Å²) < 4.78 is 32.5. The SMILES string of the molecule is O=C(Nc1cccc(S(=O)(=O)N2CCc3sccc3C2)c1)c1ccco1. The van der Waals surface area contributed by atoms with E-state index in [0.717, 1.165) is 12.0 Å². The molecule has 0 spiro atoms. The van der Waals surface area contributed by atoms with Gasteiger partial charge in [0.15, 0.2) is 5.76 Å². The Hall–Kier alpha value is -2.42. The fraction of sp³-hybridized carbons (Fsp3) is 0.167. The standard InChI is InChI=1S/C18H16N2O4S2/c21-18(16-5-2-9-24-16)19-14-3-1-4-15(11-14)26(22,23)20-8-6-17-13(12-20)7-10-25-17/h1-5,7,9-11H,6,8,12H2,(H,19,21). The zero-order valence-corrected chi connectivity index (χ0v) is 15.3. The third kappa shape index (κ3) is 3.18. The van der Waals surface area contributed by atoms with Crippen molar-refractivity contribution in [1.29, 1.82) is 0 Å². The molecule has 1 N–H and O–H groups in total. The number of furan rings is 1. The van der Waals surface area contributed by atoms with Crippen LogP contribution >= 0.6 is 11.3 Å². The maximum absolute atomic E-state index is 13.0. The van der Waals surface area contributed by atoms with E-state index in [-0.39, 0.29) is 10.7 Å². The number of nitrogens with one attached hydrogen (secondary N) is 1. The highest BCUT2D eigenvalue weighted by atomic mass is 32.2. The van der Waals surface area contributed by atoms with Crippen LogP contribution in [0.4, 0.5) is 5.69 Å². The number of sulfonamides is 1. The summed E-state index contributed by atoms with van der Waals surface area (Å²) in [5.41, 5.74) is 1.47. The Bertz CT molecular complexity index is 1040. The van der Waals surface area contributed by atoms with Gasteiger partial charge in [-0.1, -0.05) is 6.07 Å². The number of rotatable bonds is 4. The Labute approximate surface area is 155 Å². The normalized spacial score (nSPS) is 14.8. The Morgan fingerprint density at radius 1 is 1.19 bits per heavy atom. The maximum atomic E-state index is 13.0. The predicted octanol–water partition coefficient (Wildman–Crippen LogP) is 3.34. The van der Waals surface area contributed by atoms with E-state index in [9.17, 15) is 13.2 Å². The minimum atomic E-state index is -3.63. The highest BCUT2D eigenvalue weighted by Gasteiger charge is 2.29. The molecule has 134 valence electrons. The van der Waals surface area contributed by atoms with Crippen LogP contribution in [0.5, 0.6) is 0 Å². The molecule has 1 aromatic carbocycles. The lowest BCUT2D eigenvalue weighted by Crippen LogP contribution is -2.35. The van der Waals surface area contributed by atoms with Gasteiger partial charge in [-0.2, -0.15) is 4.31 Å². The summed E-state index contributed by atoms with van der Waals surface area (Å²) in [6.07, 6.45) is 2.13. The van der Waals surface area contributed by atoms with Gasteiger partial charge in [-0.3, -0.25) is 4.79 Å². The quantitative estimate of drug-likeness (QED) is 0.743. The third-order valence-corrected chi connectivity index (χ3v) is 7.11. The fourth-order valence-corrected chi connectivity index (χ4v) is 5.27.